The Labute approximate surface area is 162 Å². The molecule has 1 fully saturated rings. The molecule has 0 radical (unpaired) electrons. The van der Waals surface area contributed by atoms with Crippen molar-refractivity contribution in [1.29, 1.82) is 0 Å². The van der Waals surface area contributed by atoms with E-state index < -0.39 is 4.92 Å². The number of nitrogens with zero attached hydrogens (tertiary/aromatic N) is 3. The third-order valence-electron chi connectivity index (χ3n) is 4.39. The molecule has 1 saturated heterocycles. The molecular formula is C18H19ClN4O2S. The summed E-state index contributed by atoms with van der Waals surface area (Å²) in [6.07, 6.45) is 0. The Bertz CT molecular complexity index is 838. The van der Waals surface area contributed by atoms with Crippen LogP contribution in [0.5, 0.6) is 0 Å². The minimum atomic E-state index is -0.416. The van der Waals surface area contributed by atoms with Gasteiger partial charge in [-0.2, -0.15) is 0 Å². The topological polar surface area (TPSA) is 61.6 Å². The summed E-state index contributed by atoms with van der Waals surface area (Å²) < 4.78 is 0. The van der Waals surface area contributed by atoms with Crippen molar-refractivity contribution in [2.75, 3.05) is 36.4 Å². The number of rotatable bonds is 3. The first-order chi connectivity index (χ1) is 12.4. The third kappa shape index (κ3) is 4.23. The van der Waals surface area contributed by atoms with Crippen LogP contribution in [0.3, 0.4) is 0 Å². The molecule has 1 aliphatic rings. The summed E-state index contributed by atoms with van der Waals surface area (Å²) in [4.78, 5) is 14.8. The van der Waals surface area contributed by atoms with Gasteiger partial charge in [-0.25, -0.2) is 0 Å². The number of nitro groups is 1. The number of nitrogens with one attached hydrogen (secondary N) is 1. The van der Waals surface area contributed by atoms with Crippen LogP contribution in [0.25, 0.3) is 0 Å². The normalized spacial score (nSPS) is 14.2. The van der Waals surface area contributed by atoms with Crippen LogP contribution in [0, 0.1) is 17.0 Å². The number of benzene rings is 2. The van der Waals surface area contributed by atoms with E-state index in [1.165, 1.54) is 17.7 Å². The fourth-order valence-electron chi connectivity index (χ4n) is 2.97. The molecule has 1 heterocycles. The van der Waals surface area contributed by atoms with Crippen molar-refractivity contribution in [3.8, 4) is 0 Å². The maximum absolute atomic E-state index is 10.9. The molecule has 1 aliphatic heterocycles. The van der Waals surface area contributed by atoms with Gasteiger partial charge in [0.1, 0.15) is 0 Å². The number of piperazine rings is 1. The number of non-ortho nitro benzene ring substituents is 1. The second-order valence-corrected chi connectivity index (χ2v) is 6.97. The third-order valence-corrected chi connectivity index (χ3v) is 4.98. The summed E-state index contributed by atoms with van der Waals surface area (Å²) in [5, 5.41) is 15.3. The molecule has 0 aromatic heterocycles. The summed E-state index contributed by atoms with van der Waals surface area (Å²) in [6.45, 7) is 5.28. The van der Waals surface area contributed by atoms with Gasteiger partial charge in [0.25, 0.3) is 5.69 Å². The first kappa shape index (κ1) is 18.4. The van der Waals surface area contributed by atoms with Gasteiger partial charge in [-0.3, -0.25) is 10.1 Å². The molecule has 0 aliphatic carbocycles. The predicted octanol–water partition coefficient (Wildman–Crippen LogP) is 4.08. The van der Waals surface area contributed by atoms with Crippen LogP contribution in [0.4, 0.5) is 17.1 Å². The number of anilines is 2. The Morgan fingerprint density at radius 1 is 1.19 bits per heavy atom. The fourth-order valence-corrected chi connectivity index (χ4v) is 3.44. The van der Waals surface area contributed by atoms with Crippen LogP contribution in [0.1, 0.15) is 5.56 Å². The Balaban J connectivity index is 1.61. The molecule has 0 unspecified atom stereocenters. The molecule has 0 bridgehead atoms. The average Bonchev–Trinajstić information content (AvgIpc) is 2.64. The smallest absolute Gasteiger partial charge is 0.271 e. The quantitative estimate of drug-likeness (QED) is 0.484. The molecule has 6 nitrogen and oxygen atoms in total. The lowest BCUT2D eigenvalue weighted by atomic mass is 10.1. The van der Waals surface area contributed by atoms with E-state index in [9.17, 15) is 10.1 Å². The zero-order chi connectivity index (χ0) is 18.7. The van der Waals surface area contributed by atoms with Gasteiger partial charge < -0.3 is 15.1 Å². The van der Waals surface area contributed by atoms with Crippen molar-refractivity contribution < 1.29 is 4.92 Å². The van der Waals surface area contributed by atoms with Crippen molar-refractivity contribution in [1.82, 2.24) is 4.90 Å². The van der Waals surface area contributed by atoms with Crippen molar-refractivity contribution in [3.05, 3.63) is 63.2 Å². The van der Waals surface area contributed by atoms with Crippen molar-refractivity contribution in [2.24, 2.45) is 0 Å². The van der Waals surface area contributed by atoms with Gasteiger partial charge in [0.05, 0.1) is 4.92 Å². The maximum atomic E-state index is 10.9. The molecule has 0 amide bonds. The zero-order valence-electron chi connectivity index (χ0n) is 14.3. The van der Waals surface area contributed by atoms with Crippen LogP contribution in [-0.4, -0.2) is 41.1 Å². The SMILES string of the molecule is Cc1ccc(Cl)cc1N1CCN(C(=S)Nc2cccc([N+](=O)[O-])c2)CC1. The van der Waals surface area contributed by atoms with E-state index in [-0.39, 0.29) is 5.69 Å². The highest BCUT2D eigenvalue weighted by Gasteiger charge is 2.20. The van der Waals surface area contributed by atoms with E-state index in [2.05, 4.69) is 22.0 Å². The standard InChI is InChI=1S/C18H19ClN4O2S/c1-13-5-6-14(19)11-17(13)21-7-9-22(10-8-21)18(26)20-15-3-2-4-16(12-15)23(24)25/h2-6,11-12H,7-10H2,1H3,(H,20,26). The highest BCUT2D eigenvalue weighted by Crippen LogP contribution is 2.25. The molecule has 136 valence electrons. The molecular weight excluding hydrogens is 372 g/mol. The molecule has 3 rings (SSSR count). The fraction of sp³-hybridized carbons (Fsp3) is 0.278. The number of hydrogen-bond acceptors (Lipinski definition) is 4. The van der Waals surface area contributed by atoms with Crippen molar-refractivity contribution >= 4 is 46.0 Å². The number of halogens is 1. The lowest BCUT2D eigenvalue weighted by Crippen LogP contribution is -2.50. The average molecular weight is 391 g/mol. The monoisotopic (exact) mass is 390 g/mol. The second-order valence-electron chi connectivity index (χ2n) is 6.14. The number of thiocarbonyl (C=S) groups is 1. The van der Waals surface area contributed by atoms with Gasteiger partial charge in [0, 0.05) is 54.7 Å². The van der Waals surface area contributed by atoms with Gasteiger partial charge in [-0.1, -0.05) is 23.7 Å². The molecule has 0 saturated carbocycles. The molecule has 8 heteroatoms. The Hall–Kier alpha value is -2.38. The van der Waals surface area contributed by atoms with Crippen LogP contribution < -0.4 is 10.2 Å². The molecule has 26 heavy (non-hydrogen) atoms. The van der Waals surface area contributed by atoms with Crippen LogP contribution >= 0.6 is 23.8 Å². The maximum Gasteiger partial charge on any atom is 0.271 e. The van der Waals surface area contributed by atoms with Gasteiger partial charge in [0.2, 0.25) is 0 Å². The number of nitro benzene ring substituents is 1. The van der Waals surface area contributed by atoms with Gasteiger partial charge in [-0.15, -0.1) is 0 Å². The van der Waals surface area contributed by atoms with E-state index in [0.717, 1.165) is 36.9 Å². The van der Waals surface area contributed by atoms with E-state index in [1.807, 2.05) is 18.2 Å². The summed E-state index contributed by atoms with van der Waals surface area (Å²) in [7, 11) is 0. The van der Waals surface area contributed by atoms with Crippen molar-refractivity contribution in [3.63, 3.8) is 0 Å². The minimum absolute atomic E-state index is 0.0408. The Morgan fingerprint density at radius 3 is 2.62 bits per heavy atom. The molecule has 2 aromatic carbocycles. The predicted molar refractivity (Wildman–Crippen MR) is 109 cm³/mol. The van der Waals surface area contributed by atoms with Crippen LogP contribution in [0.2, 0.25) is 5.02 Å². The molecule has 2 aromatic rings. The number of aryl methyl sites for hydroxylation is 1. The van der Waals surface area contributed by atoms with E-state index >= 15 is 0 Å². The first-order valence-corrected chi connectivity index (χ1v) is 9.04. The van der Waals surface area contributed by atoms with Gasteiger partial charge >= 0.3 is 0 Å². The summed E-state index contributed by atoms with van der Waals surface area (Å²) in [5.41, 5.74) is 3.01. The minimum Gasteiger partial charge on any atom is -0.368 e. The summed E-state index contributed by atoms with van der Waals surface area (Å²) >= 11 is 11.6. The molecule has 0 atom stereocenters. The molecule has 0 spiro atoms. The van der Waals surface area contributed by atoms with E-state index in [1.54, 1.807) is 12.1 Å². The largest absolute Gasteiger partial charge is 0.368 e. The Kier molecular flexibility index (Phi) is 5.58. The highest BCUT2D eigenvalue weighted by molar-refractivity contribution is 7.80. The second kappa shape index (κ2) is 7.88. The lowest BCUT2D eigenvalue weighted by molar-refractivity contribution is -0.384. The molecule has 1 N–H and O–H groups in total. The number of hydrogen-bond donors (Lipinski definition) is 1. The van der Waals surface area contributed by atoms with E-state index in [0.29, 0.717) is 10.8 Å². The zero-order valence-corrected chi connectivity index (χ0v) is 15.9. The highest BCUT2D eigenvalue weighted by atomic mass is 35.5. The van der Waals surface area contributed by atoms with Gasteiger partial charge in [0.15, 0.2) is 5.11 Å². The van der Waals surface area contributed by atoms with Crippen LogP contribution in [0.15, 0.2) is 42.5 Å². The van der Waals surface area contributed by atoms with E-state index in [4.69, 9.17) is 23.8 Å². The van der Waals surface area contributed by atoms with Crippen molar-refractivity contribution in [2.45, 2.75) is 6.92 Å². The summed E-state index contributed by atoms with van der Waals surface area (Å²) in [5.74, 6) is 0. The lowest BCUT2D eigenvalue weighted by Gasteiger charge is -2.38. The first-order valence-electron chi connectivity index (χ1n) is 8.25. The van der Waals surface area contributed by atoms with Gasteiger partial charge in [-0.05, 0) is 42.9 Å². The Morgan fingerprint density at radius 2 is 1.92 bits per heavy atom. The summed E-state index contributed by atoms with van der Waals surface area (Å²) in [6, 6.07) is 12.3. The van der Waals surface area contributed by atoms with Crippen LogP contribution in [-0.2, 0) is 0 Å².